The molecule has 9 rings (SSSR count). The van der Waals surface area contributed by atoms with Gasteiger partial charge in [-0.25, -0.2) is 19.7 Å². The number of alkyl carbamates (subject to hydrolysis) is 1. The second kappa shape index (κ2) is 16.5. The first-order valence-corrected chi connectivity index (χ1v) is 20.6. The topological polar surface area (TPSA) is 149 Å². The van der Waals surface area contributed by atoms with Crippen LogP contribution in [0.5, 0.6) is 0 Å². The lowest BCUT2D eigenvalue weighted by Crippen LogP contribution is -2.42. The van der Waals surface area contributed by atoms with Crippen LogP contribution in [0.4, 0.5) is 4.79 Å². The molecule has 2 saturated heterocycles. The highest BCUT2D eigenvalue weighted by molar-refractivity contribution is 7.13. The maximum atomic E-state index is 13.9. The molecule has 7 aromatic rings. The first-order chi connectivity index (χ1) is 28.9. The van der Waals surface area contributed by atoms with Crippen molar-refractivity contribution in [2.45, 2.75) is 43.8 Å². The van der Waals surface area contributed by atoms with Crippen molar-refractivity contribution in [1.82, 2.24) is 40.0 Å². The third-order valence-corrected chi connectivity index (χ3v) is 12.1. The number of methoxy groups -OCH3 is 1. The van der Waals surface area contributed by atoms with E-state index in [2.05, 4.69) is 68.8 Å². The Morgan fingerprint density at radius 3 is 1.80 bits per heavy atom. The summed E-state index contributed by atoms with van der Waals surface area (Å²) in [6, 6.07) is 34.5. The minimum Gasteiger partial charge on any atom is -0.453 e. The Morgan fingerprint density at radius 2 is 1.22 bits per heavy atom. The summed E-state index contributed by atoms with van der Waals surface area (Å²) in [6.07, 6.45) is 6.32. The Labute approximate surface area is 345 Å². The summed E-state index contributed by atoms with van der Waals surface area (Å²) in [4.78, 5) is 64.5. The van der Waals surface area contributed by atoms with Gasteiger partial charge in [0.05, 0.1) is 43.0 Å². The van der Waals surface area contributed by atoms with Crippen LogP contribution in [-0.2, 0) is 9.53 Å². The maximum Gasteiger partial charge on any atom is 0.407 e. The number of hydrogen-bond acceptors (Lipinski definition) is 8. The summed E-state index contributed by atoms with van der Waals surface area (Å²) in [7, 11) is 1.29. The minimum absolute atomic E-state index is 0.0664. The molecule has 0 radical (unpaired) electrons. The number of amides is 3. The fraction of sp³-hybridized carbons (Fsp3) is 0.217. The Balaban J connectivity index is 0.851. The number of H-pyrrole nitrogens is 2. The first-order valence-electron chi connectivity index (χ1n) is 19.8. The number of hydrogen-bond donors (Lipinski definition) is 3. The van der Waals surface area contributed by atoms with E-state index < -0.39 is 12.1 Å². The van der Waals surface area contributed by atoms with E-state index in [1.54, 1.807) is 4.90 Å². The third-order valence-electron chi connectivity index (χ3n) is 11.2. The molecule has 3 aromatic heterocycles. The van der Waals surface area contributed by atoms with E-state index in [1.807, 2.05) is 83.3 Å². The number of imidazole rings is 2. The van der Waals surface area contributed by atoms with Crippen LogP contribution >= 0.6 is 11.3 Å². The van der Waals surface area contributed by atoms with E-state index >= 15 is 0 Å². The number of nitrogens with one attached hydrogen (secondary N) is 3. The molecule has 0 unspecified atom stereocenters. The highest BCUT2D eigenvalue weighted by Gasteiger charge is 2.37. The van der Waals surface area contributed by atoms with Crippen molar-refractivity contribution in [3.8, 4) is 44.2 Å². The van der Waals surface area contributed by atoms with E-state index in [4.69, 9.17) is 14.7 Å². The minimum atomic E-state index is -0.873. The summed E-state index contributed by atoms with van der Waals surface area (Å²) in [5.74, 6) is 1.22. The molecule has 13 heteroatoms. The van der Waals surface area contributed by atoms with E-state index in [0.717, 1.165) is 75.7 Å². The van der Waals surface area contributed by atoms with Crippen molar-refractivity contribution in [1.29, 1.82) is 0 Å². The van der Waals surface area contributed by atoms with Gasteiger partial charge in [-0.05, 0) is 53.5 Å². The van der Waals surface area contributed by atoms with E-state index in [0.29, 0.717) is 30.2 Å². The molecule has 0 aliphatic carbocycles. The van der Waals surface area contributed by atoms with Crippen LogP contribution < -0.4 is 5.32 Å². The molecule has 0 saturated carbocycles. The SMILES string of the molecule is COC(=O)N[C@@H](C(=O)N1CCC[C@H]1c1ncc(-c2ccc(-c3ccc(-c4cnc([C@@H]5CCCN5C(=O)c5csc(-c6ccccc6)n5)[nH]4)cc3)cc2)[nH]1)c1ccccc1. The van der Waals surface area contributed by atoms with Crippen LogP contribution in [-0.4, -0.2) is 72.8 Å². The van der Waals surface area contributed by atoms with Crippen LogP contribution in [0.2, 0.25) is 0 Å². The van der Waals surface area contributed by atoms with E-state index in [9.17, 15) is 14.4 Å². The molecule has 3 atom stereocenters. The summed E-state index contributed by atoms with van der Waals surface area (Å²) < 4.78 is 4.83. The van der Waals surface area contributed by atoms with Gasteiger partial charge in [-0.1, -0.05) is 109 Å². The first kappa shape index (κ1) is 37.7. The molecule has 3 N–H and O–H groups in total. The predicted molar refractivity (Wildman–Crippen MR) is 226 cm³/mol. The molecule has 2 aliphatic rings. The average Bonchev–Trinajstić information content (AvgIpc) is 4.15. The lowest BCUT2D eigenvalue weighted by Gasteiger charge is -2.28. The second-order valence-electron chi connectivity index (χ2n) is 14.7. The molecule has 2 aliphatic heterocycles. The Hall–Kier alpha value is -6.86. The van der Waals surface area contributed by atoms with Crippen molar-refractivity contribution >= 4 is 29.2 Å². The molecule has 3 amide bonds. The number of benzene rings is 4. The van der Waals surface area contributed by atoms with Gasteiger partial charge in [0.2, 0.25) is 0 Å². The summed E-state index contributed by atoms with van der Waals surface area (Å²) in [5, 5.41) is 5.41. The summed E-state index contributed by atoms with van der Waals surface area (Å²) in [6.45, 7) is 1.23. The molecule has 5 heterocycles. The predicted octanol–water partition coefficient (Wildman–Crippen LogP) is 9.00. The fourth-order valence-electron chi connectivity index (χ4n) is 8.11. The number of rotatable bonds is 10. The molecule has 2 fully saturated rings. The Bertz CT molecular complexity index is 2570. The van der Waals surface area contributed by atoms with Crippen molar-refractivity contribution in [3.63, 3.8) is 0 Å². The number of aromatic nitrogens is 5. The smallest absolute Gasteiger partial charge is 0.407 e. The Morgan fingerprint density at radius 1 is 0.695 bits per heavy atom. The lowest BCUT2D eigenvalue weighted by molar-refractivity contribution is -0.134. The zero-order chi connectivity index (χ0) is 40.3. The van der Waals surface area contributed by atoms with Gasteiger partial charge in [0.1, 0.15) is 28.4 Å². The molecule has 0 bridgehead atoms. The van der Waals surface area contributed by atoms with Crippen molar-refractivity contribution in [3.05, 3.63) is 150 Å². The zero-order valence-corrected chi connectivity index (χ0v) is 33.2. The van der Waals surface area contributed by atoms with Crippen LogP contribution in [0.15, 0.2) is 127 Å². The van der Waals surface area contributed by atoms with Crippen LogP contribution in [0.1, 0.15) is 71.5 Å². The summed E-state index contributed by atoms with van der Waals surface area (Å²) in [5.41, 5.74) is 8.04. The van der Waals surface area contributed by atoms with Crippen molar-refractivity contribution in [2.75, 3.05) is 20.2 Å². The van der Waals surface area contributed by atoms with Gasteiger partial charge in [0.15, 0.2) is 0 Å². The number of ether oxygens (including phenoxy) is 1. The largest absolute Gasteiger partial charge is 0.453 e. The van der Waals surface area contributed by atoms with Gasteiger partial charge >= 0.3 is 6.09 Å². The maximum absolute atomic E-state index is 13.9. The molecule has 12 nitrogen and oxygen atoms in total. The normalized spacial score (nSPS) is 16.9. The molecule has 4 aromatic carbocycles. The molecular weight excluding hydrogens is 761 g/mol. The van der Waals surface area contributed by atoms with Gasteiger partial charge in [0, 0.05) is 24.0 Å². The average molecular weight is 803 g/mol. The highest BCUT2D eigenvalue weighted by atomic mass is 32.1. The van der Waals surface area contributed by atoms with Gasteiger partial charge in [-0.3, -0.25) is 9.59 Å². The standard InChI is InChI=1S/C46H42N8O4S/c1-58-46(57)52-40(33-10-4-2-5-11-33)45(56)54-25-9-15-39(54)42-48-27-36(50-42)32-22-18-30(19-23-32)29-16-20-31(21-17-29)35-26-47-41(49-35)38-14-8-24-53(38)44(55)37-28-59-43(51-37)34-12-6-3-7-13-34/h2-7,10-13,16-23,26-28,38-40H,8-9,14-15,24-25H2,1H3,(H,47,49)(H,48,50)(H,52,57)/t38-,39-,40+/m0/s1. The Kier molecular flexibility index (Phi) is 10.6. The van der Waals surface area contributed by atoms with Crippen LogP contribution in [0, 0.1) is 0 Å². The highest BCUT2D eigenvalue weighted by Crippen LogP contribution is 2.36. The quantitative estimate of drug-likeness (QED) is 0.125. The van der Waals surface area contributed by atoms with Gasteiger partial charge in [-0.15, -0.1) is 11.3 Å². The summed E-state index contributed by atoms with van der Waals surface area (Å²) >= 11 is 1.49. The number of nitrogens with zero attached hydrogens (tertiary/aromatic N) is 5. The number of thiazole rings is 1. The molecule has 296 valence electrons. The third kappa shape index (κ3) is 7.76. The van der Waals surface area contributed by atoms with Crippen molar-refractivity contribution < 1.29 is 19.1 Å². The van der Waals surface area contributed by atoms with Gasteiger partial charge < -0.3 is 29.8 Å². The number of carbonyl (C=O) groups is 3. The van der Waals surface area contributed by atoms with Crippen molar-refractivity contribution in [2.24, 2.45) is 0 Å². The molecule has 0 spiro atoms. The second-order valence-corrected chi connectivity index (χ2v) is 15.6. The van der Waals surface area contributed by atoms with Crippen LogP contribution in [0.25, 0.3) is 44.2 Å². The monoisotopic (exact) mass is 802 g/mol. The lowest BCUT2D eigenvalue weighted by atomic mass is 10.0. The number of aromatic amines is 2. The molecule has 59 heavy (non-hydrogen) atoms. The van der Waals surface area contributed by atoms with E-state index in [-0.39, 0.29) is 23.9 Å². The molecular formula is C46H42N8O4S. The van der Waals surface area contributed by atoms with Gasteiger partial charge in [-0.2, -0.15) is 0 Å². The van der Waals surface area contributed by atoms with Crippen LogP contribution in [0.3, 0.4) is 0 Å². The number of carbonyl (C=O) groups excluding carboxylic acids is 3. The zero-order valence-electron chi connectivity index (χ0n) is 32.4. The van der Waals surface area contributed by atoms with Gasteiger partial charge in [0.25, 0.3) is 11.8 Å². The fourth-order valence-corrected chi connectivity index (χ4v) is 8.91. The number of likely N-dealkylation sites (tertiary alicyclic amines) is 2. The van der Waals surface area contributed by atoms with E-state index in [1.165, 1.54) is 18.4 Å².